The van der Waals surface area contributed by atoms with Crippen molar-refractivity contribution < 1.29 is 0 Å². The van der Waals surface area contributed by atoms with E-state index in [1.165, 1.54) is 5.56 Å². The van der Waals surface area contributed by atoms with Gasteiger partial charge in [-0.25, -0.2) is 0 Å². The summed E-state index contributed by atoms with van der Waals surface area (Å²) in [6, 6.07) is 1.96. The van der Waals surface area contributed by atoms with Crippen molar-refractivity contribution in [1.29, 1.82) is 0 Å². The van der Waals surface area contributed by atoms with Crippen LogP contribution in [0.3, 0.4) is 0 Å². The van der Waals surface area contributed by atoms with Gasteiger partial charge in [0.25, 0.3) is 0 Å². The summed E-state index contributed by atoms with van der Waals surface area (Å²) >= 11 is 0. The molecule has 1 aromatic rings. The van der Waals surface area contributed by atoms with Crippen molar-refractivity contribution in [2.75, 3.05) is 0 Å². The van der Waals surface area contributed by atoms with Crippen LogP contribution in [0.4, 0.5) is 5.69 Å². The van der Waals surface area contributed by atoms with Gasteiger partial charge in [0.2, 0.25) is 0 Å². The molecule has 1 heterocycles. The van der Waals surface area contributed by atoms with Crippen LogP contribution in [0.1, 0.15) is 18.9 Å². The molecule has 0 aliphatic heterocycles. The first-order valence-electron chi connectivity index (χ1n) is 3.77. The zero-order chi connectivity index (χ0) is 8.10. The topological polar surface area (TPSA) is 25.2 Å². The number of rotatable bonds is 2. The van der Waals surface area contributed by atoms with E-state index in [4.69, 9.17) is 0 Å². The Hall–Kier alpha value is -1.18. The molecular weight excluding hydrogens is 136 g/mol. The predicted molar refractivity (Wildman–Crippen MR) is 47.4 cm³/mol. The van der Waals surface area contributed by atoms with Gasteiger partial charge in [-0.05, 0) is 25.0 Å². The maximum absolute atomic E-state index is 4.24. The highest BCUT2D eigenvalue weighted by Crippen LogP contribution is 2.14. The molecule has 1 rings (SSSR count). The molecule has 0 unspecified atom stereocenters. The molecule has 0 bridgehead atoms. The third-order valence-corrected chi connectivity index (χ3v) is 1.42. The molecule has 0 fully saturated rings. The van der Waals surface area contributed by atoms with Gasteiger partial charge in [0.05, 0.1) is 11.9 Å². The standard InChI is InChI=1S/C9H12N2/c1-3-5-11-9-7-10-6-4-8(9)2/h4-7H,3H2,1-2H3. The van der Waals surface area contributed by atoms with E-state index in [0.29, 0.717) is 0 Å². The fourth-order valence-electron chi connectivity index (χ4n) is 0.780. The number of aromatic nitrogens is 1. The molecule has 2 nitrogen and oxygen atoms in total. The SMILES string of the molecule is CCC=Nc1cnccc1C. The number of aliphatic imine (C=N–C) groups is 1. The summed E-state index contributed by atoms with van der Waals surface area (Å²) in [5.74, 6) is 0. The van der Waals surface area contributed by atoms with E-state index >= 15 is 0 Å². The van der Waals surface area contributed by atoms with Gasteiger partial charge in [0.15, 0.2) is 0 Å². The zero-order valence-corrected chi connectivity index (χ0v) is 6.91. The smallest absolute Gasteiger partial charge is 0.0837 e. The van der Waals surface area contributed by atoms with Crippen LogP contribution >= 0.6 is 0 Å². The summed E-state index contributed by atoms with van der Waals surface area (Å²) in [6.07, 6.45) is 6.42. The Balaban J connectivity index is 2.86. The molecule has 0 amide bonds. The summed E-state index contributed by atoms with van der Waals surface area (Å²) in [6.45, 7) is 4.10. The van der Waals surface area contributed by atoms with E-state index in [1.807, 2.05) is 19.2 Å². The summed E-state index contributed by atoms with van der Waals surface area (Å²) in [5, 5.41) is 0. The minimum atomic E-state index is 0.967. The summed E-state index contributed by atoms with van der Waals surface area (Å²) < 4.78 is 0. The molecule has 0 N–H and O–H groups in total. The van der Waals surface area contributed by atoms with Crippen LogP contribution in [0, 0.1) is 6.92 Å². The molecule has 0 atom stereocenters. The van der Waals surface area contributed by atoms with Crippen LogP contribution in [0.25, 0.3) is 0 Å². The van der Waals surface area contributed by atoms with Crippen molar-refractivity contribution in [3.05, 3.63) is 24.0 Å². The molecule has 58 valence electrons. The van der Waals surface area contributed by atoms with Gasteiger partial charge in [0, 0.05) is 12.4 Å². The molecule has 0 spiro atoms. The number of hydrogen-bond acceptors (Lipinski definition) is 2. The second-order valence-electron chi connectivity index (χ2n) is 2.38. The third-order valence-electron chi connectivity index (χ3n) is 1.42. The van der Waals surface area contributed by atoms with Crippen LogP contribution in [0.15, 0.2) is 23.5 Å². The molecular formula is C9H12N2. The summed E-state index contributed by atoms with van der Waals surface area (Å²) in [5.41, 5.74) is 2.14. The average molecular weight is 148 g/mol. The van der Waals surface area contributed by atoms with Gasteiger partial charge >= 0.3 is 0 Å². The van der Waals surface area contributed by atoms with E-state index < -0.39 is 0 Å². The van der Waals surface area contributed by atoms with Crippen LogP contribution in [0.5, 0.6) is 0 Å². The van der Waals surface area contributed by atoms with Gasteiger partial charge < -0.3 is 0 Å². The molecule has 0 aromatic carbocycles. The Morgan fingerprint density at radius 2 is 2.45 bits per heavy atom. The van der Waals surface area contributed by atoms with E-state index in [9.17, 15) is 0 Å². The monoisotopic (exact) mass is 148 g/mol. The van der Waals surface area contributed by atoms with Crippen molar-refractivity contribution in [3.63, 3.8) is 0 Å². The molecule has 0 aliphatic rings. The number of hydrogen-bond donors (Lipinski definition) is 0. The highest BCUT2D eigenvalue weighted by molar-refractivity contribution is 5.63. The van der Waals surface area contributed by atoms with E-state index in [-0.39, 0.29) is 0 Å². The van der Waals surface area contributed by atoms with Gasteiger partial charge in [-0.3, -0.25) is 9.98 Å². The Morgan fingerprint density at radius 1 is 1.64 bits per heavy atom. The molecule has 11 heavy (non-hydrogen) atoms. The summed E-state index contributed by atoms with van der Waals surface area (Å²) in [7, 11) is 0. The van der Waals surface area contributed by atoms with Gasteiger partial charge in [-0.2, -0.15) is 0 Å². The highest BCUT2D eigenvalue weighted by atomic mass is 14.8. The normalized spacial score (nSPS) is 10.7. The molecule has 2 heteroatoms. The Morgan fingerprint density at radius 3 is 3.09 bits per heavy atom. The zero-order valence-electron chi connectivity index (χ0n) is 6.91. The van der Waals surface area contributed by atoms with Gasteiger partial charge in [0.1, 0.15) is 0 Å². The largest absolute Gasteiger partial charge is 0.262 e. The van der Waals surface area contributed by atoms with E-state index in [0.717, 1.165) is 12.1 Å². The highest BCUT2D eigenvalue weighted by Gasteiger charge is 1.90. The van der Waals surface area contributed by atoms with Crippen LogP contribution in [-0.4, -0.2) is 11.2 Å². The minimum Gasteiger partial charge on any atom is -0.262 e. The second-order valence-corrected chi connectivity index (χ2v) is 2.38. The first kappa shape index (κ1) is 7.92. The number of aryl methyl sites for hydroxylation is 1. The van der Waals surface area contributed by atoms with Crippen molar-refractivity contribution in [2.24, 2.45) is 4.99 Å². The average Bonchev–Trinajstić information content (AvgIpc) is 2.03. The van der Waals surface area contributed by atoms with Crippen LogP contribution < -0.4 is 0 Å². The first-order chi connectivity index (χ1) is 5.34. The molecule has 0 saturated carbocycles. The van der Waals surface area contributed by atoms with Crippen LogP contribution in [-0.2, 0) is 0 Å². The van der Waals surface area contributed by atoms with Gasteiger partial charge in [-0.15, -0.1) is 0 Å². The fraction of sp³-hybridized carbons (Fsp3) is 0.333. The molecule has 1 aromatic heterocycles. The summed E-state index contributed by atoms with van der Waals surface area (Å²) in [4.78, 5) is 8.22. The van der Waals surface area contributed by atoms with E-state index in [2.05, 4.69) is 16.9 Å². The maximum atomic E-state index is 4.24. The van der Waals surface area contributed by atoms with Crippen molar-refractivity contribution in [2.45, 2.75) is 20.3 Å². The fourth-order valence-corrected chi connectivity index (χ4v) is 0.780. The second kappa shape index (κ2) is 3.86. The molecule has 0 saturated heterocycles. The quantitative estimate of drug-likeness (QED) is 0.591. The lowest BCUT2D eigenvalue weighted by molar-refractivity contribution is 1.25. The van der Waals surface area contributed by atoms with Crippen LogP contribution in [0.2, 0.25) is 0 Å². The first-order valence-corrected chi connectivity index (χ1v) is 3.77. The lowest BCUT2D eigenvalue weighted by Gasteiger charge is -1.95. The predicted octanol–water partition coefficient (Wildman–Crippen LogP) is 2.50. The van der Waals surface area contributed by atoms with Crippen molar-refractivity contribution >= 4 is 11.9 Å². The molecule has 0 aliphatic carbocycles. The van der Waals surface area contributed by atoms with Crippen molar-refractivity contribution in [1.82, 2.24) is 4.98 Å². The third kappa shape index (κ3) is 2.15. The maximum Gasteiger partial charge on any atom is 0.0837 e. The molecule has 0 radical (unpaired) electrons. The Bertz CT molecular complexity index is 253. The van der Waals surface area contributed by atoms with Crippen molar-refractivity contribution in [3.8, 4) is 0 Å². The lowest BCUT2D eigenvalue weighted by atomic mass is 10.2. The lowest BCUT2D eigenvalue weighted by Crippen LogP contribution is -1.76. The van der Waals surface area contributed by atoms with E-state index in [1.54, 1.807) is 12.4 Å². The Kier molecular flexibility index (Phi) is 2.78. The van der Waals surface area contributed by atoms with Gasteiger partial charge in [-0.1, -0.05) is 6.92 Å². The minimum absolute atomic E-state index is 0.967. The Labute approximate surface area is 67.0 Å². The number of nitrogens with zero attached hydrogens (tertiary/aromatic N) is 2. The number of pyridine rings is 1.